The number of hydrogen-bond acceptors (Lipinski definition) is 5. The van der Waals surface area contributed by atoms with Crippen LogP contribution in [0.3, 0.4) is 0 Å². The summed E-state index contributed by atoms with van der Waals surface area (Å²) in [6.45, 7) is 1.24. The molecule has 3 rings (SSSR count). The summed E-state index contributed by atoms with van der Waals surface area (Å²) in [6, 6.07) is 24.3. The Morgan fingerprint density at radius 2 is 1.64 bits per heavy atom. The third-order valence-electron chi connectivity index (χ3n) is 5.22. The predicted molar refractivity (Wildman–Crippen MR) is 127 cm³/mol. The molecule has 0 aliphatic rings. The van der Waals surface area contributed by atoms with Crippen LogP contribution in [0.15, 0.2) is 78.9 Å². The van der Waals surface area contributed by atoms with Gasteiger partial charge in [0, 0.05) is 13.1 Å². The van der Waals surface area contributed by atoms with Crippen molar-refractivity contribution in [3.05, 3.63) is 95.6 Å². The molecule has 0 saturated heterocycles. The normalized spacial score (nSPS) is 12.5. The molecule has 0 aliphatic heterocycles. The van der Waals surface area contributed by atoms with Crippen LogP contribution in [-0.2, 0) is 19.6 Å². The van der Waals surface area contributed by atoms with Gasteiger partial charge in [-0.15, -0.1) is 0 Å². The van der Waals surface area contributed by atoms with Crippen molar-refractivity contribution in [2.45, 2.75) is 31.7 Å². The predicted octanol–water partition coefficient (Wildman–Crippen LogP) is 3.60. The average Bonchev–Trinajstić information content (AvgIpc) is 2.83. The number of rotatable bonds is 12. The lowest BCUT2D eigenvalue weighted by Crippen LogP contribution is -2.48. The second kappa shape index (κ2) is 12.5. The van der Waals surface area contributed by atoms with E-state index in [1.165, 1.54) is 0 Å². The number of benzene rings is 3. The minimum atomic E-state index is -1.17. The van der Waals surface area contributed by atoms with Crippen LogP contribution in [0.2, 0.25) is 0 Å². The van der Waals surface area contributed by atoms with Crippen LogP contribution in [0.5, 0.6) is 11.5 Å². The average molecular weight is 451 g/mol. The standard InChI is InChI=1S/C26H30N2O5/c1-32-23-9-5-8-21(14-23)16-27-17-25(29)24(28-26(30)31)15-19-10-12-22(13-11-19)33-18-20-6-3-2-4-7-20/h2-14,24-25,27-29H,15-18H2,1H3,(H,30,31). The van der Waals surface area contributed by atoms with Crippen LogP contribution in [-0.4, -0.2) is 42.1 Å². The molecule has 2 atom stereocenters. The summed E-state index contributed by atoms with van der Waals surface area (Å²) in [5.41, 5.74) is 2.99. The molecule has 0 aliphatic carbocycles. The molecule has 0 saturated carbocycles. The molecular weight excluding hydrogens is 420 g/mol. The second-order valence-corrected chi connectivity index (χ2v) is 7.73. The van der Waals surface area contributed by atoms with Gasteiger partial charge >= 0.3 is 6.09 Å². The van der Waals surface area contributed by atoms with Crippen molar-refractivity contribution in [3.63, 3.8) is 0 Å². The number of amides is 1. The number of aliphatic hydroxyl groups excluding tert-OH is 1. The largest absolute Gasteiger partial charge is 0.497 e. The van der Waals surface area contributed by atoms with Crippen LogP contribution in [0.1, 0.15) is 16.7 Å². The van der Waals surface area contributed by atoms with E-state index in [1.54, 1.807) is 7.11 Å². The first-order valence-corrected chi connectivity index (χ1v) is 10.8. The summed E-state index contributed by atoms with van der Waals surface area (Å²) < 4.78 is 11.0. The maximum Gasteiger partial charge on any atom is 0.404 e. The second-order valence-electron chi connectivity index (χ2n) is 7.73. The number of carboxylic acid groups (broad SMARTS) is 1. The van der Waals surface area contributed by atoms with E-state index in [1.807, 2.05) is 78.9 Å². The fraction of sp³-hybridized carbons (Fsp3) is 0.269. The molecule has 33 heavy (non-hydrogen) atoms. The molecule has 0 radical (unpaired) electrons. The first-order chi connectivity index (χ1) is 16.0. The molecule has 3 aromatic carbocycles. The molecule has 174 valence electrons. The van der Waals surface area contributed by atoms with Gasteiger partial charge < -0.3 is 30.3 Å². The SMILES string of the molecule is COc1cccc(CNCC(O)C(Cc2ccc(OCc3ccccc3)cc2)NC(=O)O)c1. The molecule has 2 unspecified atom stereocenters. The van der Waals surface area contributed by atoms with E-state index >= 15 is 0 Å². The molecule has 1 amide bonds. The monoisotopic (exact) mass is 450 g/mol. The van der Waals surface area contributed by atoms with Crippen LogP contribution in [0, 0.1) is 0 Å². The van der Waals surface area contributed by atoms with Gasteiger partial charge in [0.2, 0.25) is 0 Å². The Kier molecular flexibility index (Phi) is 9.11. The summed E-state index contributed by atoms with van der Waals surface area (Å²) in [5, 5.41) is 25.4. The molecule has 3 aromatic rings. The van der Waals surface area contributed by atoms with Crippen LogP contribution >= 0.6 is 0 Å². The zero-order valence-electron chi connectivity index (χ0n) is 18.6. The van der Waals surface area contributed by atoms with Crippen molar-refractivity contribution in [1.29, 1.82) is 0 Å². The molecule has 0 spiro atoms. The molecule has 0 heterocycles. The van der Waals surface area contributed by atoms with Crippen molar-refractivity contribution in [3.8, 4) is 11.5 Å². The van der Waals surface area contributed by atoms with E-state index in [9.17, 15) is 15.0 Å². The van der Waals surface area contributed by atoms with Crippen LogP contribution in [0.4, 0.5) is 4.79 Å². The molecule has 7 nitrogen and oxygen atoms in total. The lowest BCUT2D eigenvalue weighted by Gasteiger charge is -2.23. The highest BCUT2D eigenvalue weighted by Crippen LogP contribution is 2.16. The number of nitrogens with one attached hydrogen (secondary N) is 2. The Morgan fingerprint density at radius 3 is 2.33 bits per heavy atom. The quantitative estimate of drug-likeness (QED) is 0.336. The maximum absolute atomic E-state index is 11.3. The van der Waals surface area contributed by atoms with E-state index in [-0.39, 0.29) is 6.54 Å². The summed E-state index contributed by atoms with van der Waals surface area (Å²) in [4.78, 5) is 11.3. The summed E-state index contributed by atoms with van der Waals surface area (Å²) in [7, 11) is 1.61. The summed E-state index contributed by atoms with van der Waals surface area (Å²) in [6.07, 6.45) is -1.72. The summed E-state index contributed by atoms with van der Waals surface area (Å²) >= 11 is 0. The first-order valence-electron chi connectivity index (χ1n) is 10.8. The van der Waals surface area contributed by atoms with Gasteiger partial charge in [-0.1, -0.05) is 54.6 Å². The highest BCUT2D eigenvalue weighted by Gasteiger charge is 2.21. The summed E-state index contributed by atoms with van der Waals surface area (Å²) in [5.74, 6) is 1.49. The Balaban J connectivity index is 1.52. The van der Waals surface area contributed by atoms with E-state index in [0.717, 1.165) is 28.2 Å². The topological polar surface area (TPSA) is 100 Å². The number of hydrogen-bond donors (Lipinski definition) is 4. The molecular formula is C26H30N2O5. The van der Waals surface area contributed by atoms with Crippen molar-refractivity contribution < 1.29 is 24.5 Å². The van der Waals surface area contributed by atoms with Gasteiger partial charge in [0.1, 0.15) is 18.1 Å². The molecule has 0 fully saturated rings. The third-order valence-corrected chi connectivity index (χ3v) is 5.22. The number of ether oxygens (including phenoxy) is 2. The zero-order valence-corrected chi connectivity index (χ0v) is 18.6. The Labute approximate surface area is 194 Å². The van der Waals surface area contributed by atoms with Crippen molar-refractivity contribution in [2.75, 3.05) is 13.7 Å². The Bertz CT molecular complexity index is 995. The molecule has 7 heteroatoms. The molecule has 0 aromatic heterocycles. The van der Waals surface area contributed by atoms with Gasteiger partial charge in [0.05, 0.1) is 19.3 Å². The van der Waals surface area contributed by atoms with E-state index in [2.05, 4.69) is 10.6 Å². The van der Waals surface area contributed by atoms with Gasteiger partial charge in [0.25, 0.3) is 0 Å². The minimum absolute atomic E-state index is 0.237. The maximum atomic E-state index is 11.3. The number of aliphatic hydroxyl groups is 1. The van der Waals surface area contributed by atoms with Crippen molar-refractivity contribution >= 4 is 6.09 Å². The van der Waals surface area contributed by atoms with Crippen LogP contribution < -0.4 is 20.1 Å². The number of carbonyl (C=O) groups is 1. The van der Waals surface area contributed by atoms with Crippen molar-refractivity contribution in [1.82, 2.24) is 10.6 Å². The lowest BCUT2D eigenvalue weighted by molar-refractivity contribution is 0.117. The van der Waals surface area contributed by atoms with Gasteiger partial charge in [0.15, 0.2) is 0 Å². The van der Waals surface area contributed by atoms with Gasteiger partial charge in [-0.05, 0) is 47.4 Å². The smallest absolute Gasteiger partial charge is 0.404 e. The minimum Gasteiger partial charge on any atom is -0.497 e. The van der Waals surface area contributed by atoms with Crippen LogP contribution in [0.25, 0.3) is 0 Å². The van der Waals surface area contributed by atoms with E-state index < -0.39 is 18.2 Å². The lowest BCUT2D eigenvalue weighted by atomic mass is 10.0. The Hall–Kier alpha value is -3.55. The van der Waals surface area contributed by atoms with Crippen molar-refractivity contribution in [2.24, 2.45) is 0 Å². The fourth-order valence-electron chi connectivity index (χ4n) is 3.45. The fourth-order valence-corrected chi connectivity index (χ4v) is 3.45. The first kappa shape index (κ1) is 24.1. The van der Waals surface area contributed by atoms with Gasteiger partial charge in [-0.25, -0.2) is 4.79 Å². The molecule has 0 bridgehead atoms. The highest BCUT2D eigenvalue weighted by atomic mass is 16.5. The Morgan fingerprint density at radius 1 is 0.909 bits per heavy atom. The zero-order chi connectivity index (χ0) is 23.5. The highest BCUT2D eigenvalue weighted by molar-refractivity contribution is 5.65. The molecule has 4 N–H and O–H groups in total. The van der Waals surface area contributed by atoms with Gasteiger partial charge in [-0.2, -0.15) is 0 Å². The van der Waals surface area contributed by atoms with E-state index in [4.69, 9.17) is 9.47 Å². The van der Waals surface area contributed by atoms with E-state index in [0.29, 0.717) is 19.6 Å². The third kappa shape index (κ3) is 8.14. The van der Waals surface area contributed by atoms with Gasteiger partial charge in [-0.3, -0.25) is 0 Å². The number of methoxy groups -OCH3 is 1.